The minimum atomic E-state index is -0.735. The van der Waals surface area contributed by atoms with Gasteiger partial charge in [0.15, 0.2) is 0 Å². The van der Waals surface area contributed by atoms with Crippen molar-refractivity contribution in [2.24, 2.45) is 11.1 Å². The second-order valence-electron chi connectivity index (χ2n) is 3.95. The third kappa shape index (κ3) is 4.05. The fourth-order valence-corrected chi connectivity index (χ4v) is 1.00. The number of amides is 1. The second kappa shape index (κ2) is 5.96. The van der Waals surface area contributed by atoms with Crippen molar-refractivity contribution in [3.8, 4) is 0 Å². The molecule has 82 valence electrons. The maximum Gasteiger partial charge on any atom is 0.232 e. The molecule has 0 unspecified atom stereocenters. The maximum atomic E-state index is 11.6. The van der Waals surface area contributed by atoms with Crippen LogP contribution in [-0.2, 0) is 4.79 Å². The quantitative estimate of drug-likeness (QED) is 0.524. The molecule has 3 N–H and O–H groups in total. The molecule has 0 atom stereocenters. The number of carbonyl (C=O) groups is 1. The number of nitrogens with one attached hydrogen (secondary N) is 1. The molecule has 0 bridgehead atoms. The van der Waals surface area contributed by atoms with Crippen LogP contribution in [0.25, 0.3) is 0 Å². The van der Waals surface area contributed by atoms with E-state index in [-0.39, 0.29) is 10.9 Å². The van der Waals surface area contributed by atoms with Gasteiger partial charge >= 0.3 is 0 Å². The van der Waals surface area contributed by atoms with Crippen molar-refractivity contribution in [1.82, 2.24) is 5.32 Å². The highest BCUT2D eigenvalue weighted by atomic mass is 32.1. The van der Waals surface area contributed by atoms with E-state index in [1.807, 2.05) is 0 Å². The monoisotopic (exact) mass is 216 g/mol. The Morgan fingerprint density at radius 1 is 1.43 bits per heavy atom. The van der Waals surface area contributed by atoms with Crippen molar-refractivity contribution in [2.75, 3.05) is 6.54 Å². The van der Waals surface area contributed by atoms with E-state index in [2.05, 4.69) is 12.2 Å². The summed E-state index contributed by atoms with van der Waals surface area (Å²) in [6.45, 7) is 6.31. The molecule has 0 saturated carbocycles. The molecule has 4 heteroatoms. The molecule has 0 aromatic rings. The van der Waals surface area contributed by atoms with Gasteiger partial charge in [0.2, 0.25) is 5.91 Å². The largest absolute Gasteiger partial charge is 0.392 e. The number of thiocarbonyl (C=S) groups is 1. The Morgan fingerprint density at radius 2 is 2.00 bits per heavy atom. The van der Waals surface area contributed by atoms with E-state index in [0.717, 1.165) is 19.3 Å². The highest BCUT2D eigenvalue weighted by molar-refractivity contribution is 7.80. The predicted octanol–water partition coefficient (Wildman–Crippen LogP) is 1.61. The molecule has 0 spiro atoms. The zero-order valence-corrected chi connectivity index (χ0v) is 10.0. The van der Waals surface area contributed by atoms with Crippen LogP contribution >= 0.6 is 12.2 Å². The topological polar surface area (TPSA) is 55.1 Å². The molecule has 1 amide bonds. The van der Waals surface area contributed by atoms with Gasteiger partial charge in [-0.05, 0) is 20.3 Å². The molecule has 0 heterocycles. The number of unbranched alkanes of at least 4 members (excludes halogenated alkanes) is 2. The Kier molecular flexibility index (Phi) is 5.69. The van der Waals surface area contributed by atoms with Crippen LogP contribution in [0.3, 0.4) is 0 Å². The second-order valence-corrected chi connectivity index (χ2v) is 4.39. The first kappa shape index (κ1) is 13.4. The highest BCUT2D eigenvalue weighted by Crippen LogP contribution is 2.15. The lowest BCUT2D eigenvalue weighted by molar-refractivity contribution is -0.126. The molecule has 3 nitrogen and oxygen atoms in total. The smallest absolute Gasteiger partial charge is 0.232 e. The molecule has 14 heavy (non-hydrogen) atoms. The Labute approximate surface area is 91.4 Å². The summed E-state index contributed by atoms with van der Waals surface area (Å²) in [6.07, 6.45) is 3.29. The van der Waals surface area contributed by atoms with Gasteiger partial charge in [0, 0.05) is 6.54 Å². The minimum absolute atomic E-state index is 0.0823. The van der Waals surface area contributed by atoms with Crippen LogP contribution in [0.1, 0.15) is 40.0 Å². The van der Waals surface area contributed by atoms with Gasteiger partial charge in [-0.15, -0.1) is 0 Å². The number of hydrogen-bond acceptors (Lipinski definition) is 2. The summed E-state index contributed by atoms with van der Waals surface area (Å²) >= 11 is 4.83. The zero-order chi connectivity index (χ0) is 11.2. The van der Waals surface area contributed by atoms with Crippen LogP contribution in [0.15, 0.2) is 0 Å². The third-order valence-corrected chi connectivity index (χ3v) is 2.76. The highest BCUT2D eigenvalue weighted by Gasteiger charge is 2.30. The maximum absolute atomic E-state index is 11.6. The van der Waals surface area contributed by atoms with Crippen molar-refractivity contribution in [3.05, 3.63) is 0 Å². The van der Waals surface area contributed by atoms with Gasteiger partial charge in [-0.1, -0.05) is 32.0 Å². The van der Waals surface area contributed by atoms with Gasteiger partial charge in [-0.3, -0.25) is 4.79 Å². The molecule has 0 fully saturated rings. The van der Waals surface area contributed by atoms with Gasteiger partial charge < -0.3 is 11.1 Å². The number of hydrogen-bond donors (Lipinski definition) is 2. The summed E-state index contributed by atoms with van der Waals surface area (Å²) in [5.74, 6) is -0.0823. The predicted molar refractivity (Wildman–Crippen MR) is 63.1 cm³/mol. The molecule has 0 aliphatic rings. The van der Waals surface area contributed by atoms with Crippen LogP contribution in [0.4, 0.5) is 0 Å². The van der Waals surface area contributed by atoms with Gasteiger partial charge in [0.05, 0.1) is 10.4 Å². The number of nitrogens with two attached hydrogens (primary N) is 1. The van der Waals surface area contributed by atoms with E-state index in [1.165, 1.54) is 0 Å². The summed E-state index contributed by atoms with van der Waals surface area (Å²) in [5, 5.41) is 2.83. The SMILES string of the molecule is CCCCCNC(=O)C(C)(C)C(N)=S. The Hall–Kier alpha value is -0.640. The van der Waals surface area contributed by atoms with E-state index >= 15 is 0 Å². The van der Waals surface area contributed by atoms with E-state index in [0.29, 0.717) is 6.54 Å². The average Bonchev–Trinajstić information content (AvgIpc) is 2.11. The normalized spacial score (nSPS) is 11.1. The first-order chi connectivity index (χ1) is 6.42. The van der Waals surface area contributed by atoms with Crippen LogP contribution in [0.2, 0.25) is 0 Å². The average molecular weight is 216 g/mol. The van der Waals surface area contributed by atoms with E-state index in [1.54, 1.807) is 13.8 Å². The lowest BCUT2D eigenvalue weighted by atomic mass is 9.92. The van der Waals surface area contributed by atoms with Crippen molar-refractivity contribution < 1.29 is 4.79 Å². The van der Waals surface area contributed by atoms with Crippen LogP contribution in [0, 0.1) is 5.41 Å². The molecule has 0 rings (SSSR count). The first-order valence-corrected chi connectivity index (χ1v) is 5.42. The first-order valence-electron chi connectivity index (χ1n) is 5.01. The Morgan fingerprint density at radius 3 is 2.43 bits per heavy atom. The van der Waals surface area contributed by atoms with E-state index < -0.39 is 5.41 Å². The number of carbonyl (C=O) groups excluding carboxylic acids is 1. The fourth-order valence-electron chi connectivity index (χ4n) is 0.910. The third-order valence-electron chi connectivity index (χ3n) is 2.25. The Bertz CT molecular complexity index is 214. The summed E-state index contributed by atoms with van der Waals surface area (Å²) in [7, 11) is 0. The van der Waals surface area contributed by atoms with Gasteiger partial charge in [0.25, 0.3) is 0 Å². The summed E-state index contributed by atoms with van der Waals surface area (Å²) in [4.78, 5) is 11.8. The summed E-state index contributed by atoms with van der Waals surface area (Å²) in [6, 6.07) is 0. The molecule has 0 radical (unpaired) electrons. The van der Waals surface area contributed by atoms with Crippen molar-refractivity contribution in [2.45, 2.75) is 40.0 Å². The molecule has 0 aromatic carbocycles. The van der Waals surface area contributed by atoms with Gasteiger partial charge in [-0.25, -0.2) is 0 Å². The van der Waals surface area contributed by atoms with E-state index in [4.69, 9.17) is 18.0 Å². The zero-order valence-electron chi connectivity index (χ0n) is 9.22. The van der Waals surface area contributed by atoms with Crippen molar-refractivity contribution in [1.29, 1.82) is 0 Å². The summed E-state index contributed by atoms with van der Waals surface area (Å²) in [5.41, 5.74) is 4.74. The van der Waals surface area contributed by atoms with E-state index in [9.17, 15) is 4.79 Å². The molecule has 0 aromatic heterocycles. The van der Waals surface area contributed by atoms with Crippen LogP contribution in [0.5, 0.6) is 0 Å². The Balaban J connectivity index is 3.90. The lowest BCUT2D eigenvalue weighted by Gasteiger charge is -2.21. The molecular weight excluding hydrogens is 196 g/mol. The molecule has 0 saturated heterocycles. The van der Waals surface area contributed by atoms with Crippen LogP contribution < -0.4 is 11.1 Å². The van der Waals surface area contributed by atoms with Crippen molar-refractivity contribution in [3.63, 3.8) is 0 Å². The van der Waals surface area contributed by atoms with Gasteiger partial charge in [-0.2, -0.15) is 0 Å². The van der Waals surface area contributed by atoms with Gasteiger partial charge in [0.1, 0.15) is 0 Å². The van der Waals surface area contributed by atoms with Crippen LogP contribution in [-0.4, -0.2) is 17.4 Å². The summed E-state index contributed by atoms with van der Waals surface area (Å²) < 4.78 is 0. The standard InChI is InChI=1S/C10H20N2OS/c1-4-5-6-7-12-9(13)10(2,3)8(11)14/h4-7H2,1-3H3,(H2,11,14)(H,12,13). The fraction of sp³-hybridized carbons (Fsp3) is 0.800. The molecular formula is C10H20N2OS. The number of rotatable bonds is 6. The lowest BCUT2D eigenvalue weighted by Crippen LogP contribution is -2.45. The molecule has 0 aliphatic heterocycles. The van der Waals surface area contributed by atoms with Crippen molar-refractivity contribution >= 4 is 23.1 Å². The molecule has 0 aliphatic carbocycles. The minimum Gasteiger partial charge on any atom is -0.392 e.